The van der Waals surface area contributed by atoms with Gasteiger partial charge in [0, 0.05) is 27.3 Å². The largest absolute Gasteiger partial charge is 0.324 e. The van der Waals surface area contributed by atoms with E-state index in [0.717, 1.165) is 22.3 Å². The van der Waals surface area contributed by atoms with Crippen LogP contribution in [0.4, 0.5) is 5.69 Å². The summed E-state index contributed by atoms with van der Waals surface area (Å²) in [5, 5.41) is 14.5. The molecule has 1 N–H and O–H groups in total. The van der Waals surface area contributed by atoms with Gasteiger partial charge in [-0.2, -0.15) is 0 Å². The van der Waals surface area contributed by atoms with Crippen LogP contribution in [0.25, 0.3) is 11.4 Å². The first kappa shape index (κ1) is 19.4. The number of anilines is 1. The van der Waals surface area contributed by atoms with Crippen molar-refractivity contribution in [1.82, 2.24) is 14.8 Å². The summed E-state index contributed by atoms with van der Waals surface area (Å²) in [6.45, 7) is 2.13. The van der Waals surface area contributed by atoms with E-state index < -0.39 is 0 Å². The van der Waals surface area contributed by atoms with E-state index >= 15 is 0 Å². The van der Waals surface area contributed by atoms with Gasteiger partial charge in [-0.3, -0.25) is 4.79 Å². The summed E-state index contributed by atoms with van der Waals surface area (Å²) in [6, 6.07) is 7.46. The van der Waals surface area contributed by atoms with Gasteiger partial charge in [0.1, 0.15) is 0 Å². The summed E-state index contributed by atoms with van der Waals surface area (Å²) in [6.07, 6.45) is 1.00. The Morgan fingerprint density at radius 1 is 1.38 bits per heavy atom. The van der Waals surface area contributed by atoms with E-state index in [-0.39, 0.29) is 11.7 Å². The molecule has 2 heterocycles. The van der Waals surface area contributed by atoms with Crippen molar-refractivity contribution in [3.05, 3.63) is 44.0 Å². The molecule has 0 unspecified atom stereocenters. The maximum atomic E-state index is 12.2. The van der Waals surface area contributed by atoms with Crippen molar-refractivity contribution in [2.75, 3.05) is 11.1 Å². The number of hydrogen-bond acceptors (Lipinski definition) is 5. The molecule has 0 spiro atoms. The normalized spacial score (nSPS) is 10.9. The molecule has 3 rings (SSSR count). The lowest BCUT2D eigenvalue weighted by Crippen LogP contribution is -2.14. The number of carbonyl (C=O) groups is 1. The minimum Gasteiger partial charge on any atom is -0.324 e. The molecular formula is C17H16BrClN4OS2. The number of aromatic nitrogens is 3. The third kappa shape index (κ3) is 4.49. The van der Waals surface area contributed by atoms with Crippen LogP contribution in [0.3, 0.4) is 0 Å². The Morgan fingerprint density at radius 3 is 2.88 bits per heavy atom. The second-order valence-electron chi connectivity index (χ2n) is 5.48. The lowest BCUT2D eigenvalue weighted by molar-refractivity contribution is -0.113. The molecule has 0 bridgehead atoms. The van der Waals surface area contributed by atoms with Crippen molar-refractivity contribution in [3.8, 4) is 11.4 Å². The van der Waals surface area contributed by atoms with E-state index in [0.29, 0.717) is 15.9 Å². The van der Waals surface area contributed by atoms with E-state index in [1.54, 1.807) is 23.5 Å². The Hall–Kier alpha value is -1.35. The fourth-order valence-corrected chi connectivity index (χ4v) is 4.53. The van der Waals surface area contributed by atoms with E-state index in [9.17, 15) is 4.79 Å². The maximum absolute atomic E-state index is 12.2. The summed E-state index contributed by atoms with van der Waals surface area (Å²) in [4.78, 5) is 13.5. The minimum atomic E-state index is -0.146. The predicted octanol–water partition coefficient (Wildman–Crippen LogP) is 5.25. The molecule has 9 heteroatoms. The second kappa shape index (κ2) is 8.56. The Balaban J connectivity index is 1.63. The van der Waals surface area contributed by atoms with E-state index in [1.165, 1.54) is 16.6 Å². The zero-order valence-electron chi connectivity index (χ0n) is 14.1. The third-order valence-corrected chi connectivity index (χ3v) is 6.54. The maximum Gasteiger partial charge on any atom is 0.234 e. The van der Waals surface area contributed by atoms with Crippen LogP contribution in [0.2, 0.25) is 5.02 Å². The highest BCUT2D eigenvalue weighted by atomic mass is 79.9. The lowest BCUT2D eigenvalue weighted by Gasteiger charge is -2.07. The highest BCUT2D eigenvalue weighted by Gasteiger charge is 2.14. The molecule has 0 radical (unpaired) electrons. The number of halogens is 2. The Morgan fingerprint density at radius 2 is 2.19 bits per heavy atom. The summed E-state index contributed by atoms with van der Waals surface area (Å²) >= 11 is 12.5. The monoisotopic (exact) mass is 470 g/mol. The van der Waals surface area contributed by atoms with Gasteiger partial charge in [0.05, 0.1) is 16.5 Å². The molecule has 1 aromatic carbocycles. The quantitative estimate of drug-likeness (QED) is 0.499. The number of amides is 1. The van der Waals surface area contributed by atoms with Gasteiger partial charge in [-0.25, -0.2) is 0 Å². The van der Waals surface area contributed by atoms with Gasteiger partial charge < -0.3 is 9.88 Å². The van der Waals surface area contributed by atoms with Crippen LogP contribution in [-0.4, -0.2) is 26.4 Å². The predicted molar refractivity (Wildman–Crippen MR) is 112 cm³/mol. The van der Waals surface area contributed by atoms with E-state index in [4.69, 9.17) is 11.6 Å². The van der Waals surface area contributed by atoms with Crippen molar-refractivity contribution in [2.45, 2.75) is 18.5 Å². The number of benzene rings is 1. The topological polar surface area (TPSA) is 59.8 Å². The number of nitrogens with one attached hydrogen (secondary N) is 1. The van der Waals surface area contributed by atoms with Crippen molar-refractivity contribution < 1.29 is 4.79 Å². The van der Waals surface area contributed by atoms with E-state index in [2.05, 4.69) is 49.8 Å². The molecule has 0 aliphatic carbocycles. The molecule has 1 amide bonds. The van der Waals surface area contributed by atoms with Crippen molar-refractivity contribution in [1.29, 1.82) is 0 Å². The minimum absolute atomic E-state index is 0.146. The highest BCUT2D eigenvalue weighted by Crippen LogP contribution is 2.28. The number of carbonyl (C=O) groups excluding carboxylic acids is 1. The molecule has 0 fully saturated rings. The summed E-state index contributed by atoms with van der Waals surface area (Å²) in [5.74, 6) is 0.884. The van der Waals surface area contributed by atoms with E-state index in [1.807, 2.05) is 17.7 Å². The third-order valence-electron chi connectivity index (χ3n) is 3.63. The molecule has 136 valence electrons. The van der Waals surface area contributed by atoms with Gasteiger partial charge in [-0.15, -0.1) is 21.5 Å². The lowest BCUT2D eigenvalue weighted by atomic mass is 10.2. The van der Waals surface area contributed by atoms with Crippen LogP contribution in [0.1, 0.15) is 11.8 Å². The van der Waals surface area contributed by atoms with Gasteiger partial charge in [0.25, 0.3) is 0 Å². The number of rotatable bonds is 6. The SMILES string of the molecule is CCc1cc(-c2nnc(SCC(=O)Nc3ccc(Br)cc3Cl)n2C)cs1. The van der Waals surface area contributed by atoms with Gasteiger partial charge in [0.15, 0.2) is 11.0 Å². The Bertz CT molecular complexity index is 941. The number of hydrogen-bond donors (Lipinski definition) is 1. The average Bonchev–Trinajstić information content (AvgIpc) is 3.22. The standard InChI is InChI=1S/C17H16BrClN4OS2/c1-3-12-6-10(8-25-12)16-21-22-17(23(16)2)26-9-15(24)20-14-5-4-11(18)7-13(14)19/h4-8H,3,9H2,1-2H3,(H,20,24). The van der Waals surface area contributed by atoms with Crippen LogP contribution < -0.4 is 5.32 Å². The van der Waals surface area contributed by atoms with Crippen molar-refractivity contribution >= 4 is 62.2 Å². The van der Waals surface area contributed by atoms with Gasteiger partial charge in [-0.05, 0) is 30.7 Å². The molecule has 26 heavy (non-hydrogen) atoms. The van der Waals surface area contributed by atoms with Gasteiger partial charge >= 0.3 is 0 Å². The number of thiophene rings is 1. The van der Waals surface area contributed by atoms with Crippen LogP contribution >= 0.6 is 50.6 Å². The van der Waals surface area contributed by atoms with Crippen molar-refractivity contribution in [3.63, 3.8) is 0 Å². The number of aryl methyl sites for hydroxylation is 1. The smallest absolute Gasteiger partial charge is 0.234 e. The molecule has 0 aliphatic rings. The van der Waals surface area contributed by atoms with Gasteiger partial charge in [0.2, 0.25) is 5.91 Å². The summed E-state index contributed by atoms with van der Waals surface area (Å²) in [5.41, 5.74) is 1.64. The zero-order valence-corrected chi connectivity index (χ0v) is 18.1. The fraction of sp³-hybridized carbons (Fsp3) is 0.235. The molecule has 0 atom stereocenters. The second-order valence-corrected chi connectivity index (χ2v) is 8.74. The zero-order chi connectivity index (χ0) is 18.7. The Kier molecular flexibility index (Phi) is 6.39. The summed E-state index contributed by atoms with van der Waals surface area (Å²) in [7, 11) is 1.91. The molecular weight excluding hydrogens is 456 g/mol. The first-order chi connectivity index (χ1) is 12.5. The average molecular weight is 472 g/mol. The first-order valence-corrected chi connectivity index (χ1v) is 10.9. The highest BCUT2D eigenvalue weighted by molar-refractivity contribution is 9.10. The van der Waals surface area contributed by atoms with Crippen molar-refractivity contribution in [2.24, 2.45) is 7.05 Å². The Labute approximate surface area is 173 Å². The van der Waals surface area contributed by atoms with Gasteiger partial charge in [-0.1, -0.05) is 46.2 Å². The number of nitrogens with zero attached hydrogens (tertiary/aromatic N) is 3. The van der Waals surface area contributed by atoms with Crippen LogP contribution in [0, 0.1) is 0 Å². The molecule has 0 aliphatic heterocycles. The first-order valence-electron chi connectivity index (χ1n) is 7.82. The molecule has 0 saturated carbocycles. The molecule has 2 aromatic heterocycles. The molecule has 5 nitrogen and oxygen atoms in total. The molecule has 3 aromatic rings. The van der Waals surface area contributed by atoms with Crippen LogP contribution in [0.15, 0.2) is 39.3 Å². The molecule has 0 saturated heterocycles. The van der Waals surface area contributed by atoms with Crippen LogP contribution in [-0.2, 0) is 18.3 Å². The fourth-order valence-electron chi connectivity index (χ4n) is 2.28. The number of thioether (sulfide) groups is 1. The van der Waals surface area contributed by atoms with Crippen LogP contribution in [0.5, 0.6) is 0 Å². The summed E-state index contributed by atoms with van der Waals surface area (Å²) < 4.78 is 2.77.